The third-order valence-corrected chi connectivity index (χ3v) is 15.8. The van der Waals surface area contributed by atoms with Gasteiger partial charge in [-0.1, -0.05) is 214 Å². The van der Waals surface area contributed by atoms with Crippen LogP contribution < -0.4 is 25.7 Å². The first-order chi connectivity index (χ1) is 37.0. The summed E-state index contributed by atoms with van der Waals surface area (Å²) in [4.78, 5) is 48.6. The van der Waals surface area contributed by atoms with Crippen LogP contribution in [0.1, 0.15) is 316 Å². The zero-order valence-electron chi connectivity index (χ0n) is 56.7. The highest BCUT2D eigenvalue weighted by Gasteiger charge is 2.28. The standard InChI is InChI=1S/4C16H36N.H3N.2H3O4P/c4*1-5-9-13-17(14-10-6-2,15-11-7-3)16-12-8-4;;2*1-5(2,3)4/h4*5-16H2,1-4H3;1H3;2*(H3,1,2,3,4)/q4*+1;;;/p-4. The van der Waals surface area contributed by atoms with Crippen molar-refractivity contribution in [1.29, 1.82) is 0 Å². The first-order valence-corrected chi connectivity index (χ1v) is 36.9. The van der Waals surface area contributed by atoms with E-state index in [0.29, 0.717) is 0 Å². The lowest BCUT2D eigenvalue weighted by atomic mass is 10.1. The van der Waals surface area contributed by atoms with E-state index in [2.05, 4.69) is 111 Å². The second kappa shape index (κ2) is 65.6. The van der Waals surface area contributed by atoms with Gasteiger partial charge in [-0.25, -0.2) is 0 Å². The summed E-state index contributed by atoms with van der Waals surface area (Å²) < 4.78 is 23.0. The number of rotatable bonds is 48. The molecule has 0 aromatic rings. The number of hydrogen-bond acceptors (Lipinski definition) is 7. The van der Waals surface area contributed by atoms with E-state index in [0.717, 1.165) is 0 Å². The Hall–Kier alpha value is 0.0200. The lowest BCUT2D eigenvalue weighted by molar-refractivity contribution is -0.929. The molecule has 0 amide bonds. The summed E-state index contributed by atoms with van der Waals surface area (Å²) in [5.74, 6) is 0. The van der Waals surface area contributed by atoms with Crippen molar-refractivity contribution in [2.45, 2.75) is 316 Å². The highest BCUT2D eigenvalue weighted by molar-refractivity contribution is 7.43. The van der Waals surface area contributed by atoms with Gasteiger partial charge in [0.1, 0.15) is 0 Å². The summed E-state index contributed by atoms with van der Waals surface area (Å²) in [6.45, 7) is 60.1. The van der Waals surface area contributed by atoms with Crippen LogP contribution in [0.4, 0.5) is 0 Å². The van der Waals surface area contributed by atoms with Crippen LogP contribution in [0.15, 0.2) is 0 Å². The molecule has 0 fully saturated rings. The van der Waals surface area contributed by atoms with Gasteiger partial charge in [0.05, 0.1) is 105 Å². The van der Waals surface area contributed by atoms with Gasteiger partial charge in [0, 0.05) is 0 Å². The molecular weight excluding hydrogens is 1030 g/mol. The largest absolute Gasteiger partial charge is 0.822 e. The maximum atomic E-state index is 8.77. The molecule has 0 saturated heterocycles. The fourth-order valence-corrected chi connectivity index (χ4v) is 10.6. The summed E-state index contributed by atoms with van der Waals surface area (Å²) in [5, 5.41) is 0. The van der Waals surface area contributed by atoms with Crippen molar-refractivity contribution in [3.63, 3.8) is 0 Å². The first kappa shape index (κ1) is 92.7. The summed E-state index contributed by atoms with van der Waals surface area (Å²) in [6, 6.07) is 0. The SMILES string of the molecule is CCCC[N+](CCCC)(CCCC)CCCC.CCCC[N+](CCCC)(CCCC)CCCC.CCCC[N+](CCCC)(CCCC)CCCC.CCCC[N+](CCCC)(CCCC)CCCC.N.O=P([O-])(O)O.O=P([O-])([O-])[O-]. The molecule has 488 valence electrons. The van der Waals surface area contributed by atoms with E-state index in [9.17, 15) is 0 Å². The fourth-order valence-electron chi connectivity index (χ4n) is 10.6. The Kier molecular flexibility index (Phi) is 77.0. The predicted molar refractivity (Wildman–Crippen MR) is 342 cm³/mol. The van der Waals surface area contributed by atoms with E-state index in [1.807, 2.05) is 0 Å². The van der Waals surface area contributed by atoms with Crippen molar-refractivity contribution in [1.82, 2.24) is 6.15 Å². The van der Waals surface area contributed by atoms with E-state index in [-0.39, 0.29) is 6.15 Å². The van der Waals surface area contributed by atoms with Gasteiger partial charge >= 0.3 is 0 Å². The van der Waals surface area contributed by atoms with Crippen molar-refractivity contribution in [2.24, 2.45) is 0 Å². The molecule has 0 unspecified atom stereocenters. The summed E-state index contributed by atoms with van der Waals surface area (Å²) in [7, 11) is -10.3. The zero-order valence-corrected chi connectivity index (χ0v) is 58.5. The van der Waals surface area contributed by atoms with Gasteiger partial charge < -0.3 is 58.0 Å². The second-order valence-electron chi connectivity index (χ2n) is 23.5. The summed E-state index contributed by atoms with van der Waals surface area (Å²) in [6.07, 6.45) is 44.2. The maximum Gasteiger partial charge on any atom is 0.262 e. The van der Waals surface area contributed by atoms with Gasteiger partial charge in [-0.3, -0.25) is 4.57 Å². The van der Waals surface area contributed by atoms with Crippen LogP contribution in [0.2, 0.25) is 0 Å². The topological polar surface area (TPSA) is 202 Å². The van der Waals surface area contributed by atoms with Crippen LogP contribution >= 0.6 is 15.6 Å². The van der Waals surface area contributed by atoms with Crippen molar-refractivity contribution >= 4 is 15.6 Å². The Balaban J connectivity index is -0.000000164. The fraction of sp³-hybridized carbons (Fsp3) is 1.00. The molecule has 79 heavy (non-hydrogen) atoms. The maximum absolute atomic E-state index is 8.77. The smallest absolute Gasteiger partial charge is 0.262 e. The van der Waals surface area contributed by atoms with Gasteiger partial charge in [-0.15, -0.1) is 0 Å². The Morgan fingerprint density at radius 2 is 0.278 bits per heavy atom. The molecule has 0 aromatic carbocycles. The number of hydrogen-bond donors (Lipinski definition) is 3. The lowest BCUT2D eigenvalue weighted by Crippen LogP contribution is -2.50. The van der Waals surface area contributed by atoms with Crippen LogP contribution in [0.5, 0.6) is 0 Å². The molecule has 0 bridgehead atoms. The Bertz CT molecular complexity index is 914. The van der Waals surface area contributed by atoms with E-state index >= 15 is 0 Å². The predicted octanol–water partition coefficient (Wildman–Crippen LogP) is 15.8. The quantitative estimate of drug-likeness (QED) is 0.0391. The summed E-state index contributed by atoms with van der Waals surface area (Å²) in [5.41, 5.74) is 0. The molecule has 0 rings (SSSR count). The minimum Gasteiger partial charge on any atom is -0.822 e. The zero-order chi connectivity index (χ0) is 60.9. The van der Waals surface area contributed by atoms with Crippen LogP contribution in [0, 0.1) is 0 Å². The van der Waals surface area contributed by atoms with Gasteiger partial charge in [-0.2, -0.15) is 7.82 Å². The molecule has 0 saturated carbocycles. The molecule has 0 aliphatic heterocycles. The molecule has 15 heteroatoms. The third kappa shape index (κ3) is 70.4. The van der Waals surface area contributed by atoms with Gasteiger partial charge in [-0.05, 0) is 103 Å². The molecule has 0 heterocycles. The monoisotopic (exact) mass is 1180 g/mol. The van der Waals surface area contributed by atoms with E-state index in [1.165, 1.54) is 328 Å². The van der Waals surface area contributed by atoms with Crippen LogP contribution in [0.25, 0.3) is 0 Å². The molecule has 0 aromatic heterocycles. The van der Waals surface area contributed by atoms with E-state index in [1.54, 1.807) is 0 Å². The van der Waals surface area contributed by atoms with Crippen molar-refractivity contribution in [3.05, 3.63) is 0 Å². The van der Waals surface area contributed by atoms with Crippen LogP contribution in [-0.4, -0.2) is 132 Å². The molecule has 0 atom stereocenters. The third-order valence-electron chi connectivity index (χ3n) is 15.8. The molecule has 0 radical (unpaired) electrons. The minimum atomic E-state index is -5.39. The Labute approximate surface area is 497 Å². The van der Waals surface area contributed by atoms with Crippen molar-refractivity contribution in [2.75, 3.05) is 105 Å². The van der Waals surface area contributed by atoms with Crippen LogP contribution in [0.3, 0.4) is 0 Å². The Morgan fingerprint density at radius 1 is 0.228 bits per heavy atom. The average Bonchev–Trinajstić information content (AvgIpc) is 3.41. The average molecular weight is 1180 g/mol. The molecule has 0 aliphatic rings. The van der Waals surface area contributed by atoms with Crippen molar-refractivity contribution < 1.29 is 56.4 Å². The normalized spacial score (nSPS) is 11.8. The lowest BCUT2D eigenvalue weighted by Gasteiger charge is -2.39. The van der Waals surface area contributed by atoms with Gasteiger partial charge in [0.25, 0.3) is 7.82 Å². The Morgan fingerprint density at radius 3 is 0.316 bits per heavy atom. The first-order valence-electron chi connectivity index (χ1n) is 33.9. The highest BCUT2D eigenvalue weighted by atomic mass is 31.2. The number of phosphoric acid groups is 2. The van der Waals surface area contributed by atoms with Gasteiger partial charge in [0.2, 0.25) is 0 Å². The van der Waals surface area contributed by atoms with Gasteiger partial charge in [0.15, 0.2) is 0 Å². The highest BCUT2D eigenvalue weighted by Crippen LogP contribution is 2.21. The van der Waals surface area contributed by atoms with Crippen LogP contribution in [-0.2, 0) is 9.13 Å². The van der Waals surface area contributed by atoms with E-state index in [4.69, 9.17) is 38.5 Å². The summed E-state index contributed by atoms with van der Waals surface area (Å²) >= 11 is 0. The number of quaternary nitrogens is 4. The number of nitrogens with zero attached hydrogens (tertiary/aromatic N) is 4. The van der Waals surface area contributed by atoms with Crippen molar-refractivity contribution in [3.8, 4) is 0 Å². The number of unbranched alkanes of at least 4 members (excludes halogenated alkanes) is 16. The second-order valence-corrected chi connectivity index (χ2v) is 25.4. The molecule has 0 spiro atoms. The molecular formula is C64H149N5O8P2. The molecule has 0 aliphatic carbocycles. The molecule has 5 N–H and O–H groups in total. The van der Waals surface area contributed by atoms with E-state index < -0.39 is 15.6 Å². The minimum absolute atomic E-state index is 0. The molecule has 13 nitrogen and oxygen atoms in total.